The van der Waals surface area contributed by atoms with Gasteiger partial charge in [-0.15, -0.1) is 10.2 Å². The minimum atomic E-state index is -0.0596. The van der Waals surface area contributed by atoms with Crippen LogP contribution in [0.4, 0.5) is 0 Å². The molecule has 0 aliphatic carbocycles. The van der Waals surface area contributed by atoms with Crippen LogP contribution < -0.4 is 5.32 Å². The minimum absolute atomic E-state index is 0.0596. The third-order valence-corrected chi connectivity index (χ3v) is 3.97. The first kappa shape index (κ1) is 15.0. The van der Waals surface area contributed by atoms with Crippen molar-refractivity contribution in [1.82, 2.24) is 20.1 Å². The summed E-state index contributed by atoms with van der Waals surface area (Å²) in [4.78, 5) is 12.0. The second-order valence-electron chi connectivity index (χ2n) is 5.97. The third-order valence-electron chi connectivity index (χ3n) is 3.97. The van der Waals surface area contributed by atoms with Gasteiger partial charge in [-0.3, -0.25) is 4.79 Å². The van der Waals surface area contributed by atoms with Gasteiger partial charge in [-0.2, -0.15) is 0 Å². The number of fused-ring (bicyclic) bond motifs is 1. The zero-order chi connectivity index (χ0) is 14.5. The molecule has 1 aliphatic rings. The van der Waals surface area contributed by atoms with Crippen LogP contribution in [-0.4, -0.2) is 20.7 Å². The molecule has 2 rings (SSSR count). The number of hydrogen-bond donors (Lipinski definition) is 1. The highest BCUT2D eigenvalue weighted by molar-refractivity contribution is 5.76. The number of carbonyl (C=O) groups is 1. The molecule has 0 saturated carbocycles. The first-order chi connectivity index (χ1) is 9.61. The Bertz CT molecular complexity index is 455. The van der Waals surface area contributed by atoms with Crippen molar-refractivity contribution >= 4 is 5.91 Å². The van der Waals surface area contributed by atoms with Crippen LogP contribution in [0.1, 0.15) is 70.6 Å². The van der Waals surface area contributed by atoms with Crippen molar-refractivity contribution in [3.63, 3.8) is 0 Å². The van der Waals surface area contributed by atoms with Gasteiger partial charge in [-0.05, 0) is 25.7 Å². The lowest BCUT2D eigenvalue weighted by Gasteiger charge is -2.19. The molecule has 0 unspecified atom stereocenters. The van der Waals surface area contributed by atoms with E-state index in [4.69, 9.17) is 0 Å². The van der Waals surface area contributed by atoms with Crippen molar-refractivity contribution in [3.8, 4) is 0 Å². The van der Waals surface area contributed by atoms with E-state index in [1.165, 1.54) is 12.8 Å². The average molecular weight is 278 g/mol. The molecule has 2 atom stereocenters. The Hall–Kier alpha value is -1.39. The molecule has 20 heavy (non-hydrogen) atoms. The van der Waals surface area contributed by atoms with Crippen LogP contribution in [0, 0.1) is 5.92 Å². The van der Waals surface area contributed by atoms with Crippen molar-refractivity contribution in [2.75, 3.05) is 0 Å². The summed E-state index contributed by atoms with van der Waals surface area (Å²) in [6.45, 7) is 7.25. The van der Waals surface area contributed by atoms with Crippen LogP contribution in [0.3, 0.4) is 0 Å². The van der Waals surface area contributed by atoms with Gasteiger partial charge in [0.15, 0.2) is 5.82 Å². The molecule has 1 N–H and O–H groups in total. The molecule has 2 heterocycles. The third kappa shape index (κ3) is 3.58. The van der Waals surface area contributed by atoms with Crippen LogP contribution in [0.25, 0.3) is 0 Å². The van der Waals surface area contributed by atoms with E-state index in [1.807, 2.05) is 6.92 Å². The van der Waals surface area contributed by atoms with E-state index in [-0.39, 0.29) is 11.9 Å². The van der Waals surface area contributed by atoms with Crippen molar-refractivity contribution in [1.29, 1.82) is 0 Å². The highest BCUT2D eigenvalue weighted by Gasteiger charge is 2.21. The van der Waals surface area contributed by atoms with Gasteiger partial charge in [0.2, 0.25) is 5.91 Å². The van der Waals surface area contributed by atoms with Crippen molar-refractivity contribution in [2.45, 2.75) is 71.9 Å². The Balaban J connectivity index is 1.93. The Morgan fingerprint density at radius 3 is 2.90 bits per heavy atom. The summed E-state index contributed by atoms with van der Waals surface area (Å²) in [6.07, 6.45) is 6.18. The Morgan fingerprint density at radius 2 is 2.15 bits per heavy atom. The van der Waals surface area contributed by atoms with Crippen molar-refractivity contribution in [3.05, 3.63) is 11.6 Å². The predicted molar refractivity (Wildman–Crippen MR) is 78.2 cm³/mol. The van der Waals surface area contributed by atoms with E-state index in [9.17, 15) is 4.79 Å². The van der Waals surface area contributed by atoms with Crippen molar-refractivity contribution in [2.24, 2.45) is 5.92 Å². The van der Waals surface area contributed by atoms with Crippen LogP contribution >= 0.6 is 0 Å². The molecule has 0 fully saturated rings. The number of aromatic nitrogens is 3. The normalized spacial score (nSPS) is 17.4. The van der Waals surface area contributed by atoms with E-state index in [1.54, 1.807) is 0 Å². The van der Waals surface area contributed by atoms with E-state index in [2.05, 4.69) is 33.9 Å². The SMILES string of the molecule is CCC[C@H](C)CC(=O)N[C@@H](C)c1nnc2n1CCCC2. The fourth-order valence-corrected chi connectivity index (χ4v) is 2.93. The largest absolute Gasteiger partial charge is 0.346 e. The Kier molecular flexibility index (Phi) is 5.15. The van der Waals surface area contributed by atoms with E-state index in [0.29, 0.717) is 12.3 Å². The first-order valence-electron chi connectivity index (χ1n) is 7.83. The number of carbonyl (C=O) groups excluding carboxylic acids is 1. The van der Waals surface area contributed by atoms with E-state index >= 15 is 0 Å². The summed E-state index contributed by atoms with van der Waals surface area (Å²) >= 11 is 0. The lowest BCUT2D eigenvalue weighted by Crippen LogP contribution is -2.30. The maximum atomic E-state index is 12.0. The average Bonchev–Trinajstić information content (AvgIpc) is 2.82. The number of nitrogens with one attached hydrogen (secondary N) is 1. The van der Waals surface area contributed by atoms with Crippen LogP contribution in [0.15, 0.2) is 0 Å². The summed E-state index contributed by atoms with van der Waals surface area (Å²) in [5.74, 6) is 2.52. The molecule has 112 valence electrons. The first-order valence-corrected chi connectivity index (χ1v) is 7.83. The van der Waals surface area contributed by atoms with Gasteiger partial charge in [0.1, 0.15) is 5.82 Å². The molecule has 5 heteroatoms. The van der Waals surface area contributed by atoms with E-state index < -0.39 is 0 Å². The van der Waals surface area contributed by atoms with Gasteiger partial charge < -0.3 is 9.88 Å². The Morgan fingerprint density at radius 1 is 1.35 bits per heavy atom. The summed E-state index contributed by atoms with van der Waals surface area (Å²) in [5.41, 5.74) is 0. The quantitative estimate of drug-likeness (QED) is 0.870. The lowest BCUT2D eigenvalue weighted by atomic mass is 10.0. The molecule has 5 nitrogen and oxygen atoms in total. The fourth-order valence-electron chi connectivity index (χ4n) is 2.93. The summed E-state index contributed by atoms with van der Waals surface area (Å²) in [7, 11) is 0. The topological polar surface area (TPSA) is 59.8 Å². The highest BCUT2D eigenvalue weighted by atomic mass is 16.1. The molecule has 1 amide bonds. The zero-order valence-electron chi connectivity index (χ0n) is 12.9. The molecule has 1 aromatic rings. The van der Waals surface area contributed by atoms with Gasteiger partial charge in [0.25, 0.3) is 0 Å². The summed E-state index contributed by atoms with van der Waals surface area (Å²) in [6, 6.07) is -0.0596. The number of rotatable bonds is 6. The van der Waals surface area contributed by atoms with Gasteiger partial charge in [0.05, 0.1) is 6.04 Å². The van der Waals surface area contributed by atoms with Crippen LogP contribution in [0.5, 0.6) is 0 Å². The van der Waals surface area contributed by atoms with Crippen molar-refractivity contribution < 1.29 is 4.79 Å². The number of aryl methyl sites for hydroxylation is 1. The molecule has 0 radical (unpaired) electrons. The summed E-state index contributed by atoms with van der Waals surface area (Å²) in [5, 5.41) is 11.6. The number of hydrogen-bond acceptors (Lipinski definition) is 3. The maximum absolute atomic E-state index is 12.0. The predicted octanol–water partition coefficient (Wildman–Crippen LogP) is 2.62. The van der Waals surface area contributed by atoms with Gasteiger partial charge in [-0.25, -0.2) is 0 Å². The monoisotopic (exact) mass is 278 g/mol. The lowest BCUT2D eigenvalue weighted by molar-refractivity contribution is -0.122. The van der Waals surface area contributed by atoms with Crippen LogP contribution in [-0.2, 0) is 17.8 Å². The van der Waals surface area contributed by atoms with Gasteiger partial charge >= 0.3 is 0 Å². The number of amides is 1. The zero-order valence-corrected chi connectivity index (χ0v) is 12.9. The molecule has 1 aliphatic heterocycles. The number of nitrogens with zero attached hydrogens (tertiary/aromatic N) is 3. The standard InChI is InChI=1S/C15H26N4O/c1-4-7-11(2)10-14(20)16-12(3)15-18-17-13-8-5-6-9-19(13)15/h11-12H,4-10H2,1-3H3,(H,16,20)/t11-,12-/m0/s1. The molecule has 0 aromatic carbocycles. The second kappa shape index (κ2) is 6.86. The van der Waals surface area contributed by atoms with Crippen LogP contribution in [0.2, 0.25) is 0 Å². The fraction of sp³-hybridized carbons (Fsp3) is 0.800. The highest BCUT2D eigenvalue weighted by Crippen LogP contribution is 2.19. The molecule has 0 spiro atoms. The van der Waals surface area contributed by atoms with Gasteiger partial charge in [-0.1, -0.05) is 26.7 Å². The molecular weight excluding hydrogens is 252 g/mol. The summed E-state index contributed by atoms with van der Waals surface area (Å²) < 4.78 is 2.17. The maximum Gasteiger partial charge on any atom is 0.220 e. The second-order valence-corrected chi connectivity index (χ2v) is 5.97. The smallest absolute Gasteiger partial charge is 0.220 e. The van der Waals surface area contributed by atoms with E-state index in [0.717, 1.165) is 37.5 Å². The molecule has 0 bridgehead atoms. The minimum Gasteiger partial charge on any atom is -0.346 e. The molecule has 1 aromatic heterocycles. The Labute approximate surface area is 121 Å². The molecular formula is C15H26N4O. The van der Waals surface area contributed by atoms with Gasteiger partial charge in [0, 0.05) is 19.4 Å². The molecule has 0 saturated heterocycles.